The molecule has 0 aromatic heterocycles. The summed E-state index contributed by atoms with van der Waals surface area (Å²) in [5.74, 6) is -0.505. The Morgan fingerprint density at radius 2 is 1.96 bits per heavy atom. The Morgan fingerprint density at radius 1 is 1.29 bits per heavy atom. The van der Waals surface area contributed by atoms with Crippen molar-refractivity contribution in [3.8, 4) is 0 Å². The number of sulfone groups is 1. The number of hydrogen-bond donors (Lipinski definition) is 1. The van der Waals surface area contributed by atoms with Gasteiger partial charge in [0.25, 0.3) is 5.91 Å². The highest BCUT2D eigenvalue weighted by atomic mass is 32.2. The van der Waals surface area contributed by atoms with E-state index in [1.807, 2.05) is 0 Å². The molecular formula is C17H22N2O4S. The number of piperidine rings is 1. The topological polar surface area (TPSA) is 83.6 Å². The van der Waals surface area contributed by atoms with E-state index in [-0.39, 0.29) is 23.6 Å². The van der Waals surface area contributed by atoms with Crippen LogP contribution in [0.25, 0.3) is 0 Å². The van der Waals surface area contributed by atoms with Crippen molar-refractivity contribution < 1.29 is 18.0 Å². The van der Waals surface area contributed by atoms with Gasteiger partial charge in [0.15, 0.2) is 0 Å². The predicted octanol–water partition coefficient (Wildman–Crippen LogP) is 1.85. The van der Waals surface area contributed by atoms with E-state index in [2.05, 4.69) is 11.9 Å². The van der Waals surface area contributed by atoms with E-state index in [9.17, 15) is 18.0 Å². The van der Waals surface area contributed by atoms with Gasteiger partial charge in [-0.3, -0.25) is 9.59 Å². The maximum Gasteiger partial charge on any atom is 0.254 e. The summed E-state index contributed by atoms with van der Waals surface area (Å²) in [6, 6.07) is 6.27. The number of benzene rings is 1. The summed E-state index contributed by atoms with van der Waals surface area (Å²) in [4.78, 5) is 25.6. The van der Waals surface area contributed by atoms with Crippen molar-refractivity contribution in [2.24, 2.45) is 0 Å². The zero-order valence-electron chi connectivity index (χ0n) is 13.7. The molecule has 1 fully saturated rings. The van der Waals surface area contributed by atoms with Gasteiger partial charge in [0.05, 0.1) is 5.75 Å². The number of nitrogens with zero attached hydrogens (tertiary/aromatic N) is 1. The summed E-state index contributed by atoms with van der Waals surface area (Å²) in [5.41, 5.74) is 1.05. The molecule has 1 aromatic carbocycles. The van der Waals surface area contributed by atoms with Crippen LogP contribution in [0.5, 0.6) is 0 Å². The number of carbonyl (C=O) groups is 2. The number of anilines is 1. The Morgan fingerprint density at radius 3 is 2.54 bits per heavy atom. The number of nitrogens with one attached hydrogen (secondary N) is 1. The van der Waals surface area contributed by atoms with Crippen LogP contribution in [0.2, 0.25) is 0 Å². The monoisotopic (exact) mass is 350 g/mol. The number of carbonyl (C=O) groups excluding carboxylic acids is 2. The summed E-state index contributed by atoms with van der Waals surface area (Å²) in [7, 11) is -3.15. The Bertz CT molecular complexity index is 725. The lowest BCUT2D eigenvalue weighted by Crippen LogP contribution is -2.47. The standard InChI is InChI=1S/C17H22N2O4S/c1-3-16(20)18-14-9-7-13(8-10-14)17(21)19-11-5-4-6-15(19)12-24(2,22)23/h3,7-10,15H,1,4-6,11-12H2,2H3,(H,18,20). The van der Waals surface area contributed by atoms with Crippen molar-refractivity contribution in [3.05, 3.63) is 42.5 Å². The first kappa shape index (κ1) is 18.2. The minimum Gasteiger partial charge on any atom is -0.335 e. The van der Waals surface area contributed by atoms with Gasteiger partial charge in [0.2, 0.25) is 5.91 Å². The van der Waals surface area contributed by atoms with Gasteiger partial charge in [-0.15, -0.1) is 0 Å². The molecule has 0 saturated carbocycles. The van der Waals surface area contributed by atoms with Crippen LogP contribution in [-0.4, -0.2) is 49.7 Å². The normalized spacial score (nSPS) is 18.0. The maximum atomic E-state index is 12.7. The Hall–Kier alpha value is -2.15. The molecule has 1 heterocycles. The van der Waals surface area contributed by atoms with Gasteiger partial charge in [0, 0.05) is 30.1 Å². The molecule has 1 atom stereocenters. The molecule has 0 bridgehead atoms. The van der Waals surface area contributed by atoms with Crippen molar-refractivity contribution in [1.29, 1.82) is 0 Å². The van der Waals surface area contributed by atoms with Gasteiger partial charge in [-0.05, 0) is 49.6 Å². The molecule has 130 valence electrons. The van der Waals surface area contributed by atoms with Crippen molar-refractivity contribution in [3.63, 3.8) is 0 Å². The van der Waals surface area contributed by atoms with Gasteiger partial charge in [-0.25, -0.2) is 8.42 Å². The molecule has 24 heavy (non-hydrogen) atoms. The van der Waals surface area contributed by atoms with E-state index in [0.29, 0.717) is 24.2 Å². The van der Waals surface area contributed by atoms with Gasteiger partial charge in [0.1, 0.15) is 9.84 Å². The molecule has 1 aliphatic rings. The van der Waals surface area contributed by atoms with E-state index >= 15 is 0 Å². The first-order valence-electron chi connectivity index (χ1n) is 7.82. The molecule has 0 aliphatic carbocycles. The first-order valence-corrected chi connectivity index (χ1v) is 9.88. The summed E-state index contributed by atoms with van der Waals surface area (Å²) in [6.45, 7) is 3.94. The van der Waals surface area contributed by atoms with Crippen LogP contribution in [0.4, 0.5) is 5.69 Å². The minimum atomic E-state index is -3.15. The average molecular weight is 350 g/mol. The molecule has 1 saturated heterocycles. The average Bonchev–Trinajstić information content (AvgIpc) is 2.54. The molecule has 2 rings (SSSR count). The number of likely N-dealkylation sites (tertiary alicyclic amines) is 1. The molecule has 1 aliphatic heterocycles. The van der Waals surface area contributed by atoms with Crippen molar-refractivity contribution in [2.75, 3.05) is 23.9 Å². The van der Waals surface area contributed by atoms with Gasteiger partial charge >= 0.3 is 0 Å². The Kier molecular flexibility index (Phi) is 5.77. The zero-order chi connectivity index (χ0) is 17.7. The second-order valence-corrected chi connectivity index (χ2v) is 8.20. The summed E-state index contributed by atoms with van der Waals surface area (Å²) >= 11 is 0. The fourth-order valence-electron chi connectivity index (χ4n) is 2.85. The summed E-state index contributed by atoms with van der Waals surface area (Å²) in [5, 5.41) is 2.62. The van der Waals surface area contributed by atoms with Gasteiger partial charge in [-0.1, -0.05) is 6.58 Å². The quantitative estimate of drug-likeness (QED) is 0.822. The molecule has 6 nitrogen and oxygen atoms in total. The first-order chi connectivity index (χ1) is 11.3. The second kappa shape index (κ2) is 7.61. The number of rotatable bonds is 5. The van der Waals surface area contributed by atoms with Crippen LogP contribution in [0.1, 0.15) is 29.6 Å². The van der Waals surface area contributed by atoms with E-state index in [4.69, 9.17) is 0 Å². The lowest BCUT2D eigenvalue weighted by molar-refractivity contribution is -0.111. The molecule has 7 heteroatoms. The molecule has 1 aromatic rings. The van der Waals surface area contributed by atoms with Crippen LogP contribution >= 0.6 is 0 Å². The SMILES string of the molecule is C=CC(=O)Nc1ccc(C(=O)N2CCCCC2CS(C)(=O)=O)cc1. The fourth-order valence-corrected chi connectivity index (χ4v) is 3.89. The molecule has 2 amide bonds. The van der Waals surface area contributed by atoms with Crippen LogP contribution in [0, 0.1) is 0 Å². The highest BCUT2D eigenvalue weighted by molar-refractivity contribution is 7.90. The van der Waals surface area contributed by atoms with Crippen molar-refractivity contribution >= 4 is 27.3 Å². The molecule has 0 spiro atoms. The minimum absolute atomic E-state index is 0.00772. The highest BCUT2D eigenvalue weighted by Crippen LogP contribution is 2.21. The molecular weight excluding hydrogens is 328 g/mol. The Balaban J connectivity index is 2.13. The lowest BCUT2D eigenvalue weighted by Gasteiger charge is -2.35. The predicted molar refractivity (Wildman–Crippen MR) is 93.7 cm³/mol. The maximum absolute atomic E-state index is 12.7. The van der Waals surface area contributed by atoms with Crippen molar-refractivity contribution in [2.45, 2.75) is 25.3 Å². The third kappa shape index (κ3) is 4.92. The summed E-state index contributed by atoms with van der Waals surface area (Å²) < 4.78 is 23.2. The van der Waals surface area contributed by atoms with E-state index in [1.54, 1.807) is 29.2 Å². The van der Waals surface area contributed by atoms with Crippen LogP contribution < -0.4 is 5.32 Å². The molecule has 0 radical (unpaired) electrons. The van der Waals surface area contributed by atoms with Crippen LogP contribution in [0.15, 0.2) is 36.9 Å². The fraction of sp³-hybridized carbons (Fsp3) is 0.412. The third-order valence-electron chi connectivity index (χ3n) is 3.97. The molecule has 1 N–H and O–H groups in total. The summed E-state index contributed by atoms with van der Waals surface area (Å²) in [6.07, 6.45) is 4.87. The number of amides is 2. The largest absolute Gasteiger partial charge is 0.335 e. The second-order valence-electron chi connectivity index (χ2n) is 6.01. The van der Waals surface area contributed by atoms with Crippen molar-refractivity contribution in [1.82, 2.24) is 4.90 Å². The van der Waals surface area contributed by atoms with Crippen LogP contribution in [0.3, 0.4) is 0 Å². The number of hydrogen-bond acceptors (Lipinski definition) is 4. The van der Waals surface area contributed by atoms with E-state index in [0.717, 1.165) is 12.8 Å². The zero-order valence-corrected chi connectivity index (χ0v) is 14.5. The van der Waals surface area contributed by atoms with E-state index < -0.39 is 9.84 Å². The van der Waals surface area contributed by atoms with Crippen LogP contribution in [-0.2, 0) is 14.6 Å². The van der Waals surface area contributed by atoms with Gasteiger partial charge in [-0.2, -0.15) is 0 Å². The van der Waals surface area contributed by atoms with E-state index in [1.165, 1.54) is 12.3 Å². The third-order valence-corrected chi connectivity index (χ3v) is 4.96. The molecule has 1 unspecified atom stereocenters. The lowest BCUT2D eigenvalue weighted by atomic mass is 10.0. The smallest absolute Gasteiger partial charge is 0.254 e. The highest BCUT2D eigenvalue weighted by Gasteiger charge is 2.29. The van der Waals surface area contributed by atoms with Gasteiger partial charge < -0.3 is 10.2 Å². The Labute approximate surface area is 142 Å².